The van der Waals surface area contributed by atoms with E-state index in [1.165, 1.54) is 0 Å². The maximum atomic E-state index is 16.6. The molecule has 0 bridgehead atoms. The van der Waals surface area contributed by atoms with Crippen LogP contribution in [0.25, 0.3) is 0 Å². The first-order valence-electron chi connectivity index (χ1n) is 24.8. The summed E-state index contributed by atoms with van der Waals surface area (Å²) < 4.78 is 84.2. The lowest BCUT2D eigenvalue weighted by Crippen LogP contribution is -2.63. The Hall–Kier alpha value is -5.93. The second kappa shape index (κ2) is 27.2. The highest BCUT2D eigenvalue weighted by molar-refractivity contribution is 5.19. The standard InChI is InChI=1S/C61H63FO10/c62-60(51-34-20-7-21-35-51)72-57-53(65-43-52(64-37-46-24-10-2-11-25-46)55(57)66-38-47-26-12-3-13-27-47)44-70-61-59(69-41-50-32-18-6-19-33-50)58(68-40-49-30-16-5-17-31-49)56(67-39-48-28-14-4-15-29-48)54(71-61)42-63-36-45-22-8-1-9-23-45/h1-35,52-61H,36-44H2/t52-,53+,54+,55+,56-,57+,58-,59+,60?,61?/m0/s1. The molecule has 0 spiro atoms. The van der Waals surface area contributed by atoms with Gasteiger partial charge >= 0.3 is 0 Å². The molecule has 0 aromatic heterocycles. The van der Waals surface area contributed by atoms with Crippen LogP contribution < -0.4 is 0 Å². The predicted molar refractivity (Wildman–Crippen MR) is 271 cm³/mol. The van der Waals surface area contributed by atoms with Gasteiger partial charge in [0.1, 0.15) is 48.8 Å². The van der Waals surface area contributed by atoms with Crippen molar-refractivity contribution < 1.29 is 51.8 Å². The molecular weight excluding hydrogens is 912 g/mol. The van der Waals surface area contributed by atoms with Gasteiger partial charge in [-0.2, -0.15) is 0 Å². The molecule has 7 aromatic rings. The summed E-state index contributed by atoms with van der Waals surface area (Å²) in [5, 5.41) is 0. The third-order valence-corrected chi connectivity index (χ3v) is 12.7. The van der Waals surface area contributed by atoms with Crippen molar-refractivity contribution in [1.29, 1.82) is 0 Å². The second-order valence-electron chi connectivity index (χ2n) is 18.0. The monoisotopic (exact) mass is 974 g/mol. The first kappa shape index (κ1) is 51.0. The molecule has 0 amide bonds. The molecule has 2 heterocycles. The van der Waals surface area contributed by atoms with Gasteiger partial charge in [-0.1, -0.05) is 212 Å². The Morgan fingerprint density at radius 2 is 0.764 bits per heavy atom. The quantitative estimate of drug-likeness (QED) is 0.0551. The fraction of sp³-hybridized carbons (Fsp3) is 0.311. The van der Waals surface area contributed by atoms with Crippen LogP contribution >= 0.6 is 0 Å². The molecule has 9 rings (SSSR count). The number of hydrogen-bond donors (Lipinski definition) is 0. The molecule has 10 nitrogen and oxygen atoms in total. The summed E-state index contributed by atoms with van der Waals surface area (Å²) in [7, 11) is 0. The fourth-order valence-electron chi connectivity index (χ4n) is 8.92. The Kier molecular flexibility index (Phi) is 19.3. The molecule has 72 heavy (non-hydrogen) atoms. The molecule has 11 heteroatoms. The zero-order valence-corrected chi connectivity index (χ0v) is 40.3. The van der Waals surface area contributed by atoms with Crippen LogP contribution in [0, 0.1) is 0 Å². The molecule has 0 N–H and O–H groups in total. The van der Waals surface area contributed by atoms with Crippen LogP contribution in [-0.4, -0.2) is 74.9 Å². The van der Waals surface area contributed by atoms with Gasteiger partial charge in [0.05, 0.1) is 59.5 Å². The van der Waals surface area contributed by atoms with Crippen molar-refractivity contribution in [3.63, 3.8) is 0 Å². The lowest BCUT2D eigenvalue weighted by Gasteiger charge is -2.47. The van der Waals surface area contributed by atoms with E-state index < -0.39 is 61.5 Å². The van der Waals surface area contributed by atoms with Gasteiger partial charge in [-0.25, -0.2) is 4.39 Å². The summed E-state index contributed by atoms with van der Waals surface area (Å²) in [6, 6.07) is 68.4. The predicted octanol–water partition coefficient (Wildman–Crippen LogP) is 11.3. The Balaban J connectivity index is 1.04. The van der Waals surface area contributed by atoms with Crippen LogP contribution in [0.15, 0.2) is 212 Å². The van der Waals surface area contributed by atoms with Gasteiger partial charge in [0.25, 0.3) is 0 Å². The van der Waals surface area contributed by atoms with Crippen molar-refractivity contribution in [3.8, 4) is 0 Å². The molecule has 2 fully saturated rings. The molecule has 0 aliphatic carbocycles. The van der Waals surface area contributed by atoms with E-state index in [4.69, 9.17) is 47.4 Å². The van der Waals surface area contributed by atoms with Crippen molar-refractivity contribution in [2.45, 2.75) is 101 Å². The molecule has 2 aliphatic rings. The van der Waals surface area contributed by atoms with Crippen LogP contribution in [0.4, 0.5) is 4.39 Å². The first-order chi connectivity index (χ1) is 35.6. The highest BCUT2D eigenvalue weighted by Gasteiger charge is 2.51. The molecular formula is C61H63FO10. The van der Waals surface area contributed by atoms with Crippen LogP contribution in [0.5, 0.6) is 0 Å². The summed E-state index contributed by atoms with van der Waals surface area (Å²) in [5.74, 6) is 0. The van der Waals surface area contributed by atoms with E-state index in [9.17, 15) is 0 Å². The van der Waals surface area contributed by atoms with Crippen molar-refractivity contribution in [2.75, 3.05) is 19.8 Å². The normalized spacial score (nSPS) is 23.6. The van der Waals surface area contributed by atoms with Crippen molar-refractivity contribution in [3.05, 3.63) is 251 Å². The Morgan fingerprint density at radius 3 is 1.24 bits per heavy atom. The molecule has 0 radical (unpaired) electrons. The number of ether oxygens (including phenoxy) is 10. The second-order valence-corrected chi connectivity index (χ2v) is 18.0. The average Bonchev–Trinajstić information content (AvgIpc) is 3.44. The maximum absolute atomic E-state index is 16.6. The smallest absolute Gasteiger partial charge is 0.225 e. The first-order valence-corrected chi connectivity index (χ1v) is 24.8. The average molecular weight is 975 g/mol. The van der Waals surface area contributed by atoms with E-state index in [2.05, 4.69) is 0 Å². The van der Waals surface area contributed by atoms with Gasteiger partial charge in [0, 0.05) is 5.56 Å². The highest BCUT2D eigenvalue weighted by atomic mass is 19.1. The van der Waals surface area contributed by atoms with Gasteiger partial charge in [0.15, 0.2) is 6.29 Å². The zero-order valence-electron chi connectivity index (χ0n) is 40.3. The summed E-state index contributed by atoms with van der Waals surface area (Å²) in [5.41, 5.74) is 6.20. The molecule has 10 atom stereocenters. The van der Waals surface area contributed by atoms with Crippen LogP contribution in [-0.2, 0) is 87.0 Å². The SMILES string of the molecule is FC(O[C@H]1[C@H](OCc2ccccc2)[C@@H](OCc2ccccc2)CO[C@@H]1COC1O[C@H](COCc2ccccc2)[C@H](OCc2ccccc2)[C@H](OCc2ccccc2)[C@H]1OCc1ccccc1)c1ccccc1. The van der Waals surface area contributed by atoms with Gasteiger partial charge in [-0.3, -0.25) is 0 Å². The molecule has 2 unspecified atom stereocenters. The van der Waals surface area contributed by atoms with Crippen molar-refractivity contribution >= 4 is 0 Å². The Morgan fingerprint density at radius 1 is 0.375 bits per heavy atom. The topological polar surface area (TPSA) is 92.3 Å². The Labute approximate surface area is 422 Å². The number of rotatable bonds is 25. The number of benzene rings is 7. The summed E-state index contributed by atoms with van der Waals surface area (Å²) in [4.78, 5) is 0. The minimum atomic E-state index is -1.82. The van der Waals surface area contributed by atoms with E-state index in [0.29, 0.717) is 12.2 Å². The summed E-state index contributed by atoms with van der Waals surface area (Å²) in [6.07, 6.45) is -9.09. The number of hydrogen-bond acceptors (Lipinski definition) is 10. The fourth-order valence-corrected chi connectivity index (χ4v) is 8.92. The molecule has 7 aromatic carbocycles. The minimum Gasteiger partial charge on any atom is -0.374 e. The van der Waals surface area contributed by atoms with Crippen LogP contribution in [0.1, 0.15) is 45.3 Å². The van der Waals surface area contributed by atoms with Gasteiger partial charge in [-0.15, -0.1) is 0 Å². The highest BCUT2D eigenvalue weighted by Crippen LogP contribution is 2.35. The summed E-state index contributed by atoms with van der Waals surface area (Å²) in [6.45, 7) is 1.79. The van der Waals surface area contributed by atoms with E-state index in [-0.39, 0.29) is 52.9 Å². The van der Waals surface area contributed by atoms with Crippen molar-refractivity contribution in [1.82, 2.24) is 0 Å². The van der Waals surface area contributed by atoms with Crippen LogP contribution in [0.2, 0.25) is 0 Å². The van der Waals surface area contributed by atoms with Crippen LogP contribution in [0.3, 0.4) is 0 Å². The minimum absolute atomic E-state index is 0.100. The number of alkyl halides is 1. The van der Waals surface area contributed by atoms with E-state index in [1.54, 1.807) is 24.3 Å². The van der Waals surface area contributed by atoms with E-state index in [0.717, 1.165) is 33.4 Å². The lowest BCUT2D eigenvalue weighted by atomic mass is 9.97. The molecule has 0 saturated carbocycles. The van der Waals surface area contributed by atoms with Crippen molar-refractivity contribution in [2.24, 2.45) is 0 Å². The maximum Gasteiger partial charge on any atom is 0.225 e. The number of halogens is 1. The molecule has 374 valence electrons. The van der Waals surface area contributed by atoms with E-state index in [1.807, 2.05) is 188 Å². The third-order valence-electron chi connectivity index (χ3n) is 12.7. The van der Waals surface area contributed by atoms with Gasteiger partial charge in [-0.05, 0) is 33.4 Å². The summed E-state index contributed by atoms with van der Waals surface area (Å²) >= 11 is 0. The van der Waals surface area contributed by atoms with E-state index >= 15 is 4.39 Å². The largest absolute Gasteiger partial charge is 0.374 e. The molecule has 2 aliphatic heterocycles. The zero-order chi connectivity index (χ0) is 49.0. The lowest BCUT2D eigenvalue weighted by molar-refractivity contribution is -0.338. The Bertz CT molecular complexity index is 2550. The third kappa shape index (κ3) is 14.8. The molecule has 2 saturated heterocycles. The van der Waals surface area contributed by atoms with Gasteiger partial charge < -0.3 is 47.4 Å². The van der Waals surface area contributed by atoms with Gasteiger partial charge in [0.2, 0.25) is 6.36 Å².